The van der Waals surface area contributed by atoms with Crippen LogP contribution < -0.4 is 24.8 Å². The third kappa shape index (κ3) is 7.67. The molecule has 1 aliphatic carbocycles. The molecule has 0 atom stereocenters. The Balaban J connectivity index is 0.000000681. The first-order valence-corrected chi connectivity index (χ1v) is 10.4. The number of allylic oxidation sites excluding steroid dienone is 2. The van der Waals surface area contributed by atoms with E-state index in [4.69, 9.17) is 5.73 Å². The topological polar surface area (TPSA) is 27.0 Å². The summed E-state index contributed by atoms with van der Waals surface area (Å²) >= 11 is 0. The molecule has 5 heteroatoms. The zero-order valence-corrected chi connectivity index (χ0v) is 23.2. The number of nitrogens with zero attached hydrogens (tertiary/aromatic N) is 1. The van der Waals surface area contributed by atoms with Gasteiger partial charge in [0.15, 0.2) is 0 Å². The van der Waals surface area contributed by atoms with Gasteiger partial charge in [-0.3, -0.25) is 0 Å². The molecule has 2 nitrogen and oxygen atoms in total. The Kier molecular flexibility index (Phi) is 13.2. The van der Waals surface area contributed by atoms with Crippen LogP contribution in [0.1, 0.15) is 34.2 Å². The summed E-state index contributed by atoms with van der Waals surface area (Å²) in [5.41, 5.74) is 16.9. The number of hydrogen-bond acceptors (Lipinski definition) is 1. The van der Waals surface area contributed by atoms with Crippen molar-refractivity contribution in [2.75, 3.05) is 20.6 Å². The number of nitrogens with one attached hydrogen (secondary N) is 1. The molecule has 0 aliphatic heterocycles. The number of benzene rings is 3. The van der Waals surface area contributed by atoms with Gasteiger partial charge in [-0.15, -0.1) is 28.8 Å². The quantitative estimate of drug-likeness (QED) is 0.385. The van der Waals surface area contributed by atoms with Gasteiger partial charge in [0.2, 0.25) is 0 Å². The van der Waals surface area contributed by atoms with Crippen LogP contribution in [0.15, 0.2) is 66.3 Å². The SMILES string of the molecule is Cc1cc(C)c([NH-])c(C)c1.[CH2-]c1c(C2=C(CN(C)C)C=CC2)ccc2ccccc12.[Cl-].[Cl-].[Ti+2]. The third-order valence-electron chi connectivity index (χ3n) is 5.56. The van der Waals surface area contributed by atoms with Gasteiger partial charge in [0.05, 0.1) is 0 Å². The van der Waals surface area contributed by atoms with Gasteiger partial charge >= 0.3 is 21.7 Å². The first-order valence-electron chi connectivity index (χ1n) is 10.4. The molecule has 0 unspecified atom stereocenters. The van der Waals surface area contributed by atoms with Crippen molar-refractivity contribution in [3.05, 3.63) is 107 Å². The van der Waals surface area contributed by atoms with E-state index in [1.54, 1.807) is 0 Å². The van der Waals surface area contributed by atoms with E-state index in [2.05, 4.69) is 81.4 Å². The molecule has 1 N–H and O–H groups in total. The minimum absolute atomic E-state index is 0. The molecule has 0 saturated heterocycles. The Hall–Kier alpha value is -1.68. The number of likely N-dealkylation sites (N-methyl/N-ethyl adjacent to an activating group) is 1. The Morgan fingerprint density at radius 2 is 1.55 bits per heavy atom. The van der Waals surface area contributed by atoms with Crippen LogP contribution in [0.2, 0.25) is 0 Å². The standard InChI is InChI=1S/C19H20N.C9H12N.2ClH.Ti/c1-14-17-9-5-4-7-15(17)11-12-18(14)19-10-6-8-16(19)13-20(2)3;1-6-4-7(2)9(10)8(3)5-6;;;/h4-9,11-12H,1,10,13H2,2-3H3;4-5,10H,1-3H3;2*1H;/q2*-1;;;+2/p-2. The molecule has 33 heavy (non-hydrogen) atoms. The summed E-state index contributed by atoms with van der Waals surface area (Å²) in [4.78, 5) is 2.22. The summed E-state index contributed by atoms with van der Waals surface area (Å²) in [6.45, 7) is 11.3. The van der Waals surface area contributed by atoms with Gasteiger partial charge in [0.25, 0.3) is 0 Å². The van der Waals surface area contributed by atoms with Crippen LogP contribution in [0, 0.1) is 27.7 Å². The zero-order valence-electron chi connectivity index (χ0n) is 20.1. The summed E-state index contributed by atoms with van der Waals surface area (Å²) < 4.78 is 0. The Morgan fingerprint density at radius 3 is 2.15 bits per heavy atom. The maximum atomic E-state index is 7.54. The minimum atomic E-state index is 0. The van der Waals surface area contributed by atoms with E-state index in [0.29, 0.717) is 5.69 Å². The molecule has 0 fully saturated rings. The van der Waals surface area contributed by atoms with Crippen LogP contribution in [0.25, 0.3) is 22.1 Å². The van der Waals surface area contributed by atoms with Crippen LogP contribution in [0.4, 0.5) is 5.69 Å². The zero-order chi connectivity index (χ0) is 21.8. The van der Waals surface area contributed by atoms with Gasteiger partial charge in [-0.25, -0.2) is 0 Å². The van der Waals surface area contributed by atoms with E-state index in [0.717, 1.165) is 29.7 Å². The van der Waals surface area contributed by atoms with Gasteiger partial charge in [0, 0.05) is 6.54 Å². The largest absolute Gasteiger partial charge is 2.00 e. The summed E-state index contributed by atoms with van der Waals surface area (Å²) in [5, 5.41) is 2.52. The van der Waals surface area contributed by atoms with Crippen molar-refractivity contribution in [1.82, 2.24) is 4.90 Å². The smallest absolute Gasteiger partial charge is 1.00 e. The first-order chi connectivity index (χ1) is 14.3. The molecule has 174 valence electrons. The second-order valence-corrected chi connectivity index (χ2v) is 8.43. The van der Waals surface area contributed by atoms with Crippen molar-refractivity contribution in [1.29, 1.82) is 0 Å². The molecule has 0 spiro atoms. The number of fused-ring (bicyclic) bond motifs is 1. The Morgan fingerprint density at radius 1 is 0.939 bits per heavy atom. The molecule has 0 aromatic heterocycles. The number of rotatable bonds is 3. The summed E-state index contributed by atoms with van der Waals surface area (Å²) in [7, 11) is 4.23. The molecular formula is C28H32Cl2N2Ti-2. The molecule has 0 heterocycles. The second-order valence-electron chi connectivity index (χ2n) is 8.43. The maximum absolute atomic E-state index is 7.54. The van der Waals surface area contributed by atoms with Crippen molar-refractivity contribution in [3.8, 4) is 0 Å². The average Bonchev–Trinajstić information content (AvgIpc) is 3.14. The minimum Gasteiger partial charge on any atom is -1.00 e. The van der Waals surface area contributed by atoms with Crippen molar-refractivity contribution >= 4 is 22.0 Å². The Bertz CT molecular complexity index is 1110. The molecule has 0 radical (unpaired) electrons. The van der Waals surface area contributed by atoms with Gasteiger partial charge < -0.3 is 35.4 Å². The van der Waals surface area contributed by atoms with Crippen LogP contribution in [-0.4, -0.2) is 25.5 Å². The molecule has 0 bridgehead atoms. The summed E-state index contributed by atoms with van der Waals surface area (Å²) in [5.74, 6) is 0. The van der Waals surface area contributed by atoms with E-state index in [9.17, 15) is 0 Å². The van der Waals surface area contributed by atoms with E-state index in [1.807, 2.05) is 26.0 Å². The first kappa shape index (κ1) is 31.3. The van der Waals surface area contributed by atoms with E-state index in [-0.39, 0.29) is 46.5 Å². The van der Waals surface area contributed by atoms with Crippen LogP contribution in [-0.2, 0) is 21.7 Å². The molecule has 0 amide bonds. The molecular weight excluding hydrogens is 483 g/mol. The van der Waals surface area contributed by atoms with E-state index < -0.39 is 0 Å². The van der Waals surface area contributed by atoms with Crippen LogP contribution in [0.5, 0.6) is 0 Å². The normalized spacial score (nSPS) is 11.9. The molecule has 4 rings (SSSR count). The van der Waals surface area contributed by atoms with Gasteiger partial charge in [0.1, 0.15) is 0 Å². The summed E-state index contributed by atoms with van der Waals surface area (Å²) in [6.07, 6.45) is 5.52. The fourth-order valence-electron chi connectivity index (χ4n) is 4.12. The average molecular weight is 515 g/mol. The van der Waals surface area contributed by atoms with Crippen molar-refractivity contribution in [2.24, 2.45) is 0 Å². The fourth-order valence-corrected chi connectivity index (χ4v) is 4.12. The fraction of sp³-hybridized carbons (Fsp3) is 0.250. The number of aryl methyl sites for hydroxylation is 3. The summed E-state index contributed by atoms with van der Waals surface area (Å²) in [6, 6.07) is 17.0. The monoisotopic (exact) mass is 514 g/mol. The Labute approximate surface area is 227 Å². The van der Waals surface area contributed by atoms with E-state index >= 15 is 0 Å². The number of hydrogen-bond donors (Lipinski definition) is 0. The predicted octanol–water partition coefficient (Wildman–Crippen LogP) is 1.60. The second kappa shape index (κ2) is 13.9. The molecule has 3 aromatic rings. The maximum Gasteiger partial charge on any atom is 2.00 e. The molecule has 3 aromatic carbocycles. The van der Waals surface area contributed by atoms with Gasteiger partial charge in [-0.2, -0.15) is 12.5 Å². The van der Waals surface area contributed by atoms with Gasteiger partial charge in [-0.05, 0) is 46.9 Å². The van der Waals surface area contributed by atoms with Crippen LogP contribution >= 0.6 is 0 Å². The number of halogens is 2. The van der Waals surface area contributed by atoms with Crippen molar-refractivity contribution < 1.29 is 46.5 Å². The predicted molar refractivity (Wildman–Crippen MR) is 132 cm³/mol. The molecule has 0 saturated carbocycles. The van der Waals surface area contributed by atoms with Crippen LogP contribution in [0.3, 0.4) is 0 Å². The van der Waals surface area contributed by atoms with E-state index in [1.165, 1.54) is 33.0 Å². The molecule has 1 aliphatic rings. The van der Waals surface area contributed by atoms with Crippen molar-refractivity contribution in [3.63, 3.8) is 0 Å². The third-order valence-corrected chi connectivity index (χ3v) is 5.56. The van der Waals surface area contributed by atoms with Crippen molar-refractivity contribution in [2.45, 2.75) is 27.2 Å². The van der Waals surface area contributed by atoms with Gasteiger partial charge in [-0.1, -0.05) is 76.2 Å².